The number of nitrogens with zero attached hydrogens (tertiary/aromatic N) is 2. The van der Waals surface area contributed by atoms with E-state index < -0.39 is 5.60 Å². The average Bonchev–Trinajstić information content (AvgIpc) is 2.52. The van der Waals surface area contributed by atoms with Crippen LogP contribution < -0.4 is 0 Å². The maximum absolute atomic E-state index is 11.8. The molecule has 1 saturated heterocycles. The van der Waals surface area contributed by atoms with Gasteiger partial charge in [0.15, 0.2) is 0 Å². The summed E-state index contributed by atoms with van der Waals surface area (Å²) in [5, 5.41) is 21.7. The predicted molar refractivity (Wildman–Crippen MR) is 95.0 cm³/mol. The van der Waals surface area contributed by atoms with Gasteiger partial charge in [-0.2, -0.15) is 0 Å². The van der Waals surface area contributed by atoms with Crippen LogP contribution in [0.3, 0.4) is 0 Å². The second-order valence-corrected chi connectivity index (χ2v) is 7.65. The smallest absolute Gasteiger partial charge is 0.134 e. The Morgan fingerprint density at radius 1 is 1.12 bits per heavy atom. The molecular weight excluding hydrogens is 300 g/mol. The SMILES string of the molecule is CC(C)c1ccc(C(O)(c2cncc(O)c2)C2(C)CN(C)C2)cc1. The van der Waals surface area contributed by atoms with E-state index in [-0.39, 0.29) is 11.2 Å². The van der Waals surface area contributed by atoms with Gasteiger partial charge >= 0.3 is 0 Å². The molecule has 1 unspecified atom stereocenters. The summed E-state index contributed by atoms with van der Waals surface area (Å²) >= 11 is 0. The molecule has 4 heteroatoms. The van der Waals surface area contributed by atoms with Crippen LogP contribution in [0.1, 0.15) is 43.4 Å². The Morgan fingerprint density at radius 2 is 1.75 bits per heavy atom. The largest absolute Gasteiger partial charge is 0.506 e. The Kier molecular flexibility index (Phi) is 4.14. The van der Waals surface area contributed by atoms with E-state index in [9.17, 15) is 10.2 Å². The van der Waals surface area contributed by atoms with Crippen molar-refractivity contribution in [2.45, 2.75) is 32.3 Å². The molecule has 1 aromatic carbocycles. The molecule has 24 heavy (non-hydrogen) atoms. The summed E-state index contributed by atoms with van der Waals surface area (Å²) in [6, 6.07) is 9.78. The molecule has 0 amide bonds. The number of benzene rings is 1. The Balaban J connectivity index is 2.12. The van der Waals surface area contributed by atoms with E-state index >= 15 is 0 Å². The summed E-state index contributed by atoms with van der Waals surface area (Å²) < 4.78 is 0. The van der Waals surface area contributed by atoms with Crippen LogP contribution in [0.25, 0.3) is 0 Å². The van der Waals surface area contributed by atoms with E-state index in [1.165, 1.54) is 11.8 Å². The van der Waals surface area contributed by atoms with Crippen LogP contribution in [0.4, 0.5) is 0 Å². The molecule has 1 atom stereocenters. The number of aromatic hydroxyl groups is 1. The third-order valence-electron chi connectivity index (χ3n) is 5.25. The highest BCUT2D eigenvalue weighted by molar-refractivity contribution is 5.42. The lowest BCUT2D eigenvalue weighted by atomic mass is 9.62. The van der Waals surface area contributed by atoms with Crippen LogP contribution in [0.5, 0.6) is 5.75 Å². The number of hydrogen-bond acceptors (Lipinski definition) is 4. The molecule has 2 N–H and O–H groups in total. The highest BCUT2D eigenvalue weighted by Gasteiger charge is 2.55. The molecule has 1 aromatic heterocycles. The summed E-state index contributed by atoms with van der Waals surface area (Å²) in [6.45, 7) is 7.97. The molecule has 0 bridgehead atoms. The summed E-state index contributed by atoms with van der Waals surface area (Å²) in [7, 11) is 2.05. The molecule has 0 aliphatic carbocycles. The fourth-order valence-electron chi connectivity index (χ4n) is 3.97. The summed E-state index contributed by atoms with van der Waals surface area (Å²) in [6.07, 6.45) is 3.04. The highest BCUT2D eigenvalue weighted by atomic mass is 16.3. The minimum absolute atomic E-state index is 0.0704. The Hall–Kier alpha value is -1.91. The normalized spacial score (nSPS) is 19.8. The van der Waals surface area contributed by atoms with Crippen molar-refractivity contribution in [1.82, 2.24) is 9.88 Å². The predicted octanol–water partition coefficient (Wildman–Crippen LogP) is 3.10. The maximum Gasteiger partial charge on any atom is 0.134 e. The van der Waals surface area contributed by atoms with Crippen LogP contribution in [-0.4, -0.2) is 40.2 Å². The van der Waals surface area contributed by atoms with E-state index in [1.807, 2.05) is 19.2 Å². The minimum Gasteiger partial charge on any atom is -0.506 e. The van der Waals surface area contributed by atoms with Gasteiger partial charge in [-0.15, -0.1) is 0 Å². The molecule has 1 fully saturated rings. The van der Waals surface area contributed by atoms with E-state index in [0.29, 0.717) is 11.5 Å². The van der Waals surface area contributed by atoms with E-state index in [4.69, 9.17) is 0 Å². The number of aliphatic hydroxyl groups is 1. The summed E-state index contributed by atoms with van der Waals surface area (Å²) in [4.78, 5) is 6.27. The zero-order chi connectivity index (χ0) is 17.5. The number of hydrogen-bond donors (Lipinski definition) is 2. The van der Waals surface area contributed by atoms with Crippen molar-refractivity contribution >= 4 is 0 Å². The number of rotatable bonds is 4. The van der Waals surface area contributed by atoms with Gasteiger partial charge in [-0.05, 0) is 30.2 Å². The molecule has 3 rings (SSSR count). The standard InChI is InChI=1S/C20H26N2O2/c1-14(2)15-5-7-16(8-6-15)20(24,19(3)12-22(4)13-19)17-9-18(23)11-21-10-17/h5-11,14,23-24H,12-13H2,1-4H3. The molecule has 4 nitrogen and oxygen atoms in total. The van der Waals surface area contributed by atoms with Crippen molar-refractivity contribution in [2.24, 2.45) is 5.41 Å². The molecule has 2 heterocycles. The quantitative estimate of drug-likeness (QED) is 0.906. The van der Waals surface area contributed by atoms with Crippen LogP contribution >= 0.6 is 0 Å². The van der Waals surface area contributed by atoms with Gasteiger partial charge in [0.05, 0.1) is 6.20 Å². The zero-order valence-electron chi connectivity index (χ0n) is 14.8. The Labute approximate surface area is 143 Å². The summed E-state index contributed by atoms with van der Waals surface area (Å²) in [5.74, 6) is 0.515. The van der Waals surface area contributed by atoms with Crippen molar-refractivity contribution in [1.29, 1.82) is 0 Å². The van der Waals surface area contributed by atoms with Gasteiger partial charge in [0, 0.05) is 30.3 Å². The van der Waals surface area contributed by atoms with Crippen LogP contribution in [0.15, 0.2) is 42.7 Å². The maximum atomic E-state index is 11.8. The average molecular weight is 326 g/mol. The number of pyridine rings is 1. The number of likely N-dealkylation sites (tertiary alicyclic amines) is 1. The molecule has 0 saturated carbocycles. The molecule has 2 aromatic rings. The lowest BCUT2D eigenvalue weighted by Gasteiger charge is -2.55. The van der Waals surface area contributed by atoms with Crippen molar-refractivity contribution < 1.29 is 10.2 Å². The molecule has 1 aliphatic heterocycles. The lowest BCUT2D eigenvalue weighted by molar-refractivity contribution is -0.127. The third kappa shape index (κ3) is 2.60. The fraction of sp³-hybridized carbons (Fsp3) is 0.450. The van der Waals surface area contributed by atoms with E-state index in [0.717, 1.165) is 18.7 Å². The van der Waals surface area contributed by atoms with Gasteiger partial charge < -0.3 is 15.1 Å². The van der Waals surface area contributed by atoms with Gasteiger partial charge in [0.1, 0.15) is 11.4 Å². The first-order valence-electron chi connectivity index (χ1n) is 8.42. The molecular formula is C20H26N2O2. The molecule has 1 aliphatic rings. The first-order chi connectivity index (χ1) is 11.3. The monoisotopic (exact) mass is 326 g/mol. The molecule has 128 valence electrons. The lowest BCUT2D eigenvalue weighted by Crippen LogP contribution is -2.63. The van der Waals surface area contributed by atoms with Gasteiger partial charge in [-0.25, -0.2) is 0 Å². The fourth-order valence-corrected chi connectivity index (χ4v) is 3.97. The second-order valence-electron chi connectivity index (χ2n) is 7.65. The first kappa shape index (κ1) is 16.9. The van der Waals surface area contributed by atoms with Crippen LogP contribution in [0.2, 0.25) is 0 Å². The zero-order valence-corrected chi connectivity index (χ0v) is 14.8. The third-order valence-corrected chi connectivity index (χ3v) is 5.25. The number of aromatic nitrogens is 1. The van der Waals surface area contributed by atoms with E-state index in [1.54, 1.807) is 12.3 Å². The van der Waals surface area contributed by atoms with Gasteiger partial charge in [0.2, 0.25) is 0 Å². The summed E-state index contributed by atoms with van der Waals surface area (Å²) in [5.41, 5.74) is 1.19. The second kappa shape index (κ2) is 5.87. The molecule has 0 radical (unpaired) electrons. The van der Waals surface area contributed by atoms with Gasteiger partial charge in [-0.1, -0.05) is 45.0 Å². The highest BCUT2D eigenvalue weighted by Crippen LogP contribution is 2.50. The minimum atomic E-state index is -1.19. The van der Waals surface area contributed by atoms with E-state index in [2.05, 4.69) is 42.8 Å². The van der Waals surface area contributed by atoms with Gasteiger partial charge in [-0.3, -0.25) is 4.98 Å². The van der Waals surface area contributed by atoms with Crippen molar-refractivity contribution in [3.05, 3.63) is 59.4 Å². The van der Waals surface area contributed by atoms with Crippen molar-refractivity contribution in [2.75, 3.05) is 20.1 Å². The van der Waals surface area contributed by atoms with Crippen LogP contribution in [-0.2, 0) is 5.60 Å². The topological polar surface area (TPSA) is 56.6 Å². The molecule has 0 spiro atoms. The van der Waals surface area contributed by atoms with Crippen molar-refractivity contribution in [3.8, 4) is 5.75 Å². The Morgan fingerprint density at radius 3 is 2.25 bits per heavy atom. The van der Waals surface area contributed by atoms with Crippen molar-refractivity contribution in [3.63, 3.8) is 0 Å². The van der Waals surface area contributed by atoms with Crippen LogP contribution in [0, 0.1) is 5.41 Å². The van der Waals surface area contributed by atoms with Gasteiger partial charge in [0.25, 0.3) is 0 Å². The Bertz CT molecular complexity index is 721. The first-order valence-corrected chi connectivity index (χ1v) is 8.42.